The molecule has 0 fully saturated rings. The second-order valence-electron chi connectivity index (χ2n) is 3.24. The number of hydrogen-bond donors (Lipinski definition) is 3. The van der Waals surface area contributed by atoms with E-state index in [-0.39, 0.29) is 11.4 Å². The van der Waals surface area contributed by atoms with Gasteiger partial charge in [0.15, 0.2) is 0 Å². The van der Waals surface area contributed by atoms with Gasteiger partial charge in [0.05, 0.1) is 0 Å². The van der Waals surface area contributed by atoms with Crippen LogP contribution in [0.2, 0.25) is 0 Å². The Morgan fingerprint density at radius 2 is 2.00 bits per heavy atom. The summed E-state index contributed by atoms with van der Waals surface area (Å²) in [5.41, 5.74) is 1.07. The summed E-state index contributed by atoms with van der Waals surface area (Å²) in [7, 11) is 0. The average Bonchev–Trinajstić information content (AvgIpc) is 2.22. The number of halogens is 1. The zero-order valence-electron chi connectivity index (χ0n) is 8.70. The summed E-state index contributed by atoms with van der Waals surface area (Å²) < 4.78 is 12.6. The molecule has 1 aromatic rings. The third kappa shape index (κ3) is 2.99. The first-order chi connectivity index (χ1) is 7.54. The van der Waals surface area contributed by atoms with Gasteiger partial charge < -0.3 is 10.5 Å². The van der Waals surface area contributed by atoms with E-state index >= 15 is 0 Å². The lowest BCUT2D eigenvalue weighted by molar-refractivity contribution is -0.517. The van der Waals surface area contributed by atoms with Crippen LogP contribution in [0.25, 0.3) is 0 Å². The highest BCUT2D eigenvalue weighted by molar-refractivity contribution is 6.07. The van der Waals surface area contributed by atoms with E-state index in [2.05, 4.69) is 0 Å². The summed E-state index contributed by atoms with van der Waals surface area (Å²) >= 11 is 0. The Bertz CT molecular complexity index is 438. The maximum Gasteiger partial charge on any atom is 0.342 e. The van der Waals surface area contributed by atoms with Crippen molar-refractivity contribution in [2.24, 2.45) is 0 Å². The van der Waals surface area contributed by atoms with Crippen molar-refractivity contribution >= 4 is 17.9 Å². The van der Waals surface area contributed by atoms with Crippen molar-refractivity contribution in [2.75, 3.05) is 0 Å². The summed E-state index contributed by atoms with van der Waals surface area (Å²) in [6.45, 7) is 1.60. The second kappa shape index (κ2) is 5.18. The number of rotatable bonds is 4. The standard InChI is InChI=1S/C11H11FN2O2/c1-7(10(6-13)11(15)16)14-9-4-2-8(12)3-5-9/h2-6,13-14H,1H3,(H,15,16)/p+1. The first-order valence-electron chi connectivity index (χ1n) is 4.59. The topological polar surface area (TPSA) is 77.8 Å². The van der Waals surface area contributed by atoms with Crippen LogP contribution in [-0.4, -0.2) is 17.3 Å². The summed E-state index contributed by atoms with van der Waals surface area (Å²) in [5, 5.41) is 17.3. The van der Waals surface area contributed by atoms with E-state index in [1.54, 1.807) is 24.4 Å². The molecule has 0 radical (unpaired) electrons. The zero-order valence-corrected chi connectivity index (χ0v) is 8.70. The zero-order chi connectivity index (χ0) is 12.1. The predicted molar refractivity (Wildman–Crippen MR) is 57.1 cm³/mol. The van der Waals surface area contributed by atoms with Gasteiger partial charge in [-0.3, -0.25) is 5.32 Å². The summed E-state index contributed by atoms with van der Waals surface area (Å²) in [6.07, 6.45) is 0.789. The fraction of sp³-hybridized carbons (Fsp3) is 0.0909. The molecule has 4 N–H and O–H groups in total. The third-order valence-corrected chi connectivity index (χ3v) is 2.05. The van der Waals surface area contributed by atoms with E-state index in [1.807, 2.05) is 0 Å². The maximum absolute atomic E-state index is 12.6. The highest BCUT2D eigenvalue weighted by atomic mass is 19.1. The van der Waals surface area contributed by atoms with Crippen LogP contribution in [0, 0.1) is 11.2 Å². The number of nitrogens with one attached hydrogen (secondary N) is 1. The molecule has 0 saturated heterocycles. The van der Waals surface area contributed by atoms with E-state index < -0.39 is 5.97 Å². The Balaban J connectivity index is 2.92. The molecular formula is C11H12FN2O2+. The van der Waals surface area contributed by atoms with E-state index in [0.29, 0.717) is 11.4 Å². The minimum atomic E-state index is -1.15. The fourth-order valence-electron chi connectivity index (χ4n) is 1.23. The number of nitrogens with two attached hydrogens (primary N) is 1. The van der Waals surface area contributed by atoms with Crippen molar-refractivity contribution in [3.05, 3.63) is 41.4 Å². The van der Waals surface area contributed by atoms with Gasteiger partial charge in [-0.1, -0.05) is 0 Å². The number of carboxylic acids is 1. The van der Waals surface area contributed by atoms with Gasteiger partial charge in [0.25, 0.3) is 0 Å². The summed E-state index contributed by atoms with van der Waals surface area (Å²) in [6, 6.07) is 5.68. The van der Waals surface area contributed by atoms with E-state index in [0.717, 1.165) is 6.21 Å². The molecule has 0 aliphatic rings. The van der Waals surface area contributed by atoms with E-state index in [9.17, 15) is 9.18 Å². The van der Waals surface area contributed by atoms with Crippen LogP contribution in [-0.2, 0) is 4.79 Å². The molecule has 0 heterocycles. The summed E-state index contributed by atoms with van der Waals surface area (Å²) in [5.74, 6) is -1.49. The maximum atomic E-state index is 12.6. The first kappa shape index (κ1) is 12.1. The molecular weight excluding hydrogens is 211 g/mol. The highest BCUT2D eigenvalue weighted by Gasteiger charge is 2.12. The van der Waals surface area contributed by atoms with Crippen molar-refractivity contribution in [1.29, 1.82) is 5.41 Å². The van der Waals surface area contributed by atoms with Crippen LogP contribution in [0.15, 0.2) is 35.5 Å². The molecule has 1 aromatic carbocycles. The number of quaternary nitrogens is 1. The number of allylic oxidation sites excluding steroid dienone is 1. The molecule has 0 aromatic heterocycles. The Morgan fingerprint density at radius 1 is 1.44 bits per heavy atom. The van der Waals surface area contributed by atoms with Crippen LogP contribution in [0.1, 0.15) is 6.92 Å². The van der Waals surface area contributed by atoms with Gasteiger partial charge >= 0.3 is 5.97 Å². The molecule has 0 aliphatic carbocycles. The lowest BCUT2D eigenvalue weighted by Crippen LogP contribution is -2.75. The molecule has 0 unspecified atom stereocenters. The molecule has 4 nitrogen and oxygen atoms in total. The molecule has 0 spiro atoms. The van der Waals surface area contributed by atoms with Gasteiger partial charge in [0.2, 0.25) is 0 Å². The van der Waals surface area contributed by atoms with Gasteiger partial charge in [-0.05, 0) is 12.1 Å². The highest BCUT2D eigenvalue weighted by Crippen LogP contribution is 2.04. The van der Waals surface area contributed by atoms with E-state index in [1.165, 1.54) is 12.1 Å². The lowest BCUT2D eigenvalue weighted by atomic mass is 10.2. The molecule has 0 atom stereocenters. The molecule has 1 rings (SSSR count). The van der Waals surface area contributed by atoms with Crippen molar-refractivity contribution in [3.8, 4) is 0 Å². The van der Waals surface area contributed by atoms with Gasteiger partial charge in [-0.25, -0.2) is 9.18 Å². The van der Waals surface area contributed by atoms with Gasteiger partial charge in [0, 0.05) is 25.3 Å². The Hall–Kier alpha value is -2.01. The smallest absolute Gasteiger partial charge is 0.342 e. The molecule has 84 valence electrons. The average molecular weight is 223 g/mol. The molecule has 5 heteroatoms. The Labute approximate surface area is 91.9 Å². The predicted octanol–water partition coefficient (Wildman–Crippen LogP) is 1.03. The van der Waals surface area contributed by atoms with Gasteiger partial charge in [-0.15, -0.1) is 0 Å². The Kier molecular flexibility index (Phi) is 3.90. The van der Waals surface area contributed by atoms with Crippen molar-refractivity contribution in [2.45, 2.75) is 6.92 Å². The van der Waals surface area contributed by atoms with E-state index in [4.69, 9.17) is 10.5 Å². The number of benzene rings is 1. The number of carbonyl (C=O) groups is 1. The monoisotopic (exact) mass is 223 g/mol. The first-order valence-corrected chi connectivity index (χ1v) is 4.59. The van der Waals surface area contributed by atoms with Crippen molar-refractivity contribution in [3.63, 3.8) is 0 Å². The molecule has 0 saturated carbocycles. The quantitative estimate of drug-likeness (QED) is 0.405. The molecule has 0 aliphatic heterocycles. The largest absolute Gasteiger partial charge is 0.477 e. The third-order valence-electron chi connectivity index (χ3n) is 2.05. The second-order valence-corrected chi connectivity index (χ2v) is 3.24. The number of carboxylic acid groups (broad SMARTS) is 1. The molecule has 0 bridgehead atoms. The van der Waals surface area contributed by atoms with Crippen molar-refractivity contribution < 1.29 is 19.6 Å². The minimum absolute atomic E-state index is 0.0793. The Morgan fingerprint density at radius 3 is 2.44 bits per heavy atom. The normalized spacial score (nSPS) is 11.9. The van der Waals surface area contributed by atoms with Crippen molar-refractivity contribution in [1.82, 2.24) is 0 Å². The van der Waals surface area contributed by atoms with Crippen LogP contribution < -0.4 is 5.32 Å². The van der Waals surface area contributed by atoms with Gasteiger partial charge in [-0.2, -0.15) is 0 Å². The minimum Gasteiger partial charge on any atom is -0.477 e. The lowest BCUT2D eigenvalue weighted by Gasteiger charge is -2.02. The number of hydrogen-bond acceptors (Lipinski definition) is 2. The van der Waals surface area contributed by atoms with Gasteiger partial charge in [0.1, 0.15) is 22.8 Å². The SMILES string of the molecule is CC([NH2+]c1ccc(F)cc1)=C(C=N)C(=O)O. The van der Waals surface area contributed by atoms with Crippen LogP contribution in [0.5, 0.6) is 0 Å². The molecule has 16 heavy (non-hydrogen) atoms. The number of aliphatic carboxylic acids is 1. The van der Waals surface area contributed by atoms with Crippen LogP contribution >= 0.6 is 0 Å². The molecule has 0 amide bonds. The van der Waals surface area contributed by atoms with Crippen LogP contribution in [0.4, 0.5) is 10.1 Å². The summed E-state index contributed by atoms with van der Waals surface area (Å²) in [4.78, 5) is 10.7. The van der Waals surface area contributed by atoms with Crippen LogP contribution in [0.3, 0.4) is 0 Å². The fourth-order valence-corrected chi connectivity index (χ4v) is 1.23.